The first-order valence-electron chi connectivity index (χ1n) is 4.76. The average Bonchev–Trinajstić information content (AvgIpc) is 2.06. The molecule has 0 aromatic carbocycles. The number of carbonyl (C=O) groups is 1. The Bertz CT molecular complexity index is 197. The van der Waals surface area contributed by atoms with E-state index < -0.39 is 11.5 Å². The van der Waals surface area contributed by atoms with Crippen LogP contribution in [0.5, 0.6) is 0 Å². The third-order valence-corrected chi connectivity index (χ3v) is 4.04. The van der Waals surface area contributed by atoms with Crippen LogP contribution in [0.3, 0.4) is 0 Å². The number of halogens is 1. The van der Waals surface area contributed by atoms with Crippen LogP contribution in [0.2, 0.25) is 0 Å². The zero-order valence-corrected chi connectivity index (χ0v) is 7.53. The number of hydrogen-bond acceptors (Lipinski definition) is 1. The van der Waals surface area contributed by atoms with E-state index in [4.69, 9.17) is 0 Å². The first-order valence-corrected chi connectivity index (χ1v) is 4.76. The highest BCUT2D eigenvalue weighted by Gasteiger charge is 2.50. The average molecular weight is 170 g/mol. The van der Waals surface area contributed by atoms with Crippen LogP contribution in [-0.2, 0) is 4.79 Å². The predicted molar refractivity (Wildman–Crippen MR) is 44.4 cm³/mol. The van der Waals surface area contributed by atoms with Crippen LogP contribution in [-0.4, -0.2) is 6.04 Å². The molecule has 68 valence electrons. The minimum Gasteiger partial charge on any atom is -0.261 e. The lowest BCUT2D eigenvalue weighted by Gasteiger charge is -2.49. The Balaban J connectivity index is 2.20. The van der Waals surface area contributed by atoms with Gasteiger partial charge in [-0.05, 0) is 43.9 Å². The Morgan fingerprint density at radius 3 is 1.83 bits per heavy atom. The van der Waals surface area contributed by atoms with Crippen molar-refractivity contribution in [1.82, 2.24) is 0 Å². The molecule has 3 fully saturated rings. The van der Waals surface area contributed by atoms with E-state index in [1.807, 2.05) is 0 Å². The molecule has 3 saturated carbocycles. The van der Waals surface area contributed by atoms with Crippen molar-refractivity contribution in [3.8, 4) is 0 Å². The molecule has 2 heteroatoms. The first kappa shape index (κ1) is 8.21. The molecule has 0 N–H and O–H groups in total. The molecule has 12 heavy (non-hydrogen) atoms. The van der Waals surface area contributed by atoms with Gasteiger partial charge >= 0.3 is 6.04 Å². The van der Waals surface area contributed by atoms with Crippen LogP contribution in [0.4, 0.5) is 4.39 Å². The number of hydrogen-bond donors (Lipinski definition) is 0. The summed E-state index contributed by atoms with van der Waals surface area (Å²) in [5.41, 5.74) is -0.116. The van der Waals surface area contributed by atoms with Gasteiger partial charge in [0.1, 0.15) is 0 Å². The molecule has 0 saturated heterocycles. The fourth-order valence-corrected chi connectivity index (χ4v) is 2.67. The van der Waals surface area contributed by atoms with Crippen LogP contribution >= 0.6 is 0 Å². The minimum absolute atomic E-state index is 0.428. The normalized spacial score (nSPS) is 46.2. The van der Waals surface area contributed by atoms with E-state index in [-0.39, 0.29) is 0 Å². The van der Waals surface area contributed by atoms with Gasteiger partial charge in [-0.15, -0.1) is 0 Å². The Morgan fingerprint density at radius 1 is 1.08 bits per heavy atom. The zero-order chi connectivity index (χ0) is 8.82. The molecule has 0 heterocycles. The number of fused-ring (bicyclic) bond motifs is 3. The molecule has 0 aromatic rings. The molecule has 0 unspecified atom stereocenters. The summed E-state index contributed by atoms with van der Waals surface area (Å²) in [6, 6.07) is -1.05. The van der Waals surface area contributed by atoms with Crippen molar-refractivity contribution in [2.24, 2.45) is 10.8 Å². The van der Waals surface area contributed by atoms with E-state index in [0.29, 0.717) is 5.41 Å². The second kappa shape index (κ2) is 2.30. The summed E-state index contributed by atoms with van der Waals surface area (Å²) in [6.07, 6.45) is 5.50. The van der Waals surface area contributed by atoms with Crippen molar-refractivity contribution in [2.75, 3.05) is 0 Å². The highest BCUT2D eigenvalue weighted by atomic mass is 19.1. The molecule has 2 bridgehead atoms. The Hall–Kier alpha value is -0.400. The third-order valence-electron chi connectivity index (χ3n) is 4.04. The van der Waals surface area contributed by atoms with Crippen molar-refractivity contribution in [3.63, 3.8) is 0 Å². The van der Waals surface area contributed by atoms with Crippen molar-refractivity contribution in [1.29, 1.82) is 0 Å². The SMILES string of the molecule is CC12CCC(C(=O)F)(CC1)CC2. The van der Waals surface area contributed by atoms with Crippen LogP contribution in [0.15, 0.2) is 0 Å². The van der Waals surface area contributed by atoms with Crippen molar-refractivity contribution in [3.05, 3.63) is 0 Å². The summed E-state index contributed by atoms with van der Waals surface area (Å²) in [5, 5.41) is 0. The third kappa shape index (κ3) is 1.00. The lowest BCUT2D eigenvalue weighted by molar-refractivity contribution is -0.149. The van der Waals surface area contributed by atoms with E-state index in [2.05, 4.69) is 6.92 Å². The molecule has 0 aromatic heterocycles. The molecule has 3 rings (SSSR count). The van der Waals surface area contributed by atoms with Gasteiger partial charge in [-0.25, -0.2) is 0 Å². The molecule has 0 radical (unpaired) electrons. The summed E-state index contributed by atoms with van der Waals surface area (Å²) in [4.78, 5) is 10.8. The molecule has 3 aliphatic carbocycles. The highest BCUT2D eigenvalue weighted by Crippen LogP contribution is 2.56. The lowest BCUT2D eigenvalue weighted by atomic mass is 9.55. The maximum atomic E-state index is 12.8. The molecule has 0 spiro atoms. The van der Waals surface area contributed by atoms with Crippen LogP contribution < -0.4 is 0 Å². The fourth-order valence-electron chi connectivity index (χ4n) is 2.67. The predicted octanol–water partition coefficient (Wildman–Crippen LogP) is 2.84. The standard InChI is InChI=1S/C10H15FO/c1-9-2-5-10(6-3-9,7-4-9)8(11)12/h2-7H2,1H3. The van der Waals surface area contributed by atoms with Crippen molar-refractivity contribution in [2.45, 2.75) is 45.4 Å². The molecular formula is C10H15FO. The van der Waals surface area contributed by atoms with Crippen molar-refractivity contribution >= 4 is 6.04 Å². The molecule has 0 atom stereocenters. The van der Waals surface area contributed by atoms with Gasteiger partial charge in [-0.1, -0.05) is 6.92 Å². The van der Waals surface area contributed by atoms with Gasteiger partial charge in [-0.3, -0.25) is 4.79 Å². The van der Waals surface area contributed by atoms with Crippen LogP contribution in [0.1, 0.15) is 45.4 Å². The topological polar surface area (TPSA) is 17.1 Å². The van der Waals surface area contributed by atoms with E-state index in [0.717, 1.165) is 38.5 Å². The van der Waals surface area contributed by atoms with Gasteiger partial charge in [0, 0.05) is 0 Å². The van der Waals surface area contributed by atoms with Gasteiger partial charge in [0.05, 0.1) is 5.41 Å². The smallest absolute Gasteiger partial charge is 0.261 e. The fraction of sp³-hybridized carbons (Fsp3) is 0.900. The summed E-state index contributed by atoms with van der Waals surface area (Å²) in [6.45, 7) is 2.26. The van der Waals surface area contributed by atoms with Gasteiger partial charge in [0.15, 0.2) is 0 Å². The molecule has 0 amide bonds. The van der Waals surface area contributed by atoms with Gasteiger partial charge in [0.2, 0.25) is 0 Å². The Labute approximate surface area is 72.3 Å². The summed E-state index contributed by atoms with van der Waals surface area (Å²) in [7, 11) is 0. The van der Waals surface area contributed by atoms with Crippen molar-refractivity contribution < 1.29 is 9.18 Å². The zero-order valence-electron chi connectivity index (χ0n) is 7.53. The second-order valence-electron chi connectivity index (χ2n) is 4.86. The van der Waals surface area contributed by atoms with E-state index in [9.17, 15) is 9.18 Å². The highest BCUT2D eigenvalue weighted by molar-refractivity contribution is 5.76. The maximum Gasteiger partial charge on any atom is 0.307 e. The van der Waals surface area contributed by atoms with Crippen LogP contribution in [0.25, 0.3) is 0 Å². The quantitative estimate of drug-likeness (QED) is 0.553. The molecule has 1 nitrogen and oxygen atoms in total. The summed E-state index contributed by atoms with van der Waals surface area (Å²) in [5.74, 6) is 0. The molecule has 0 aliphatic heterocycles. The number of rotatable bonds is 1. The monoisotopic (exact) mass is 170 g/mol. The van der Waals surface area contributed by atoms with E-state index in [1.165, 1.54) is 0 Å². The van der Waals surface area contributed by atoms with E-state index in [1.54, 1.807) is 0 Å². The van der Waals surface area contributed by atoms with Gasteiger partial charge < -0.3 is 0 Å². The summed E-state index contributed by atoms with van der Waals surface area (Å²) < 4.78 is 12.8. The van der Waals surface area contributed by atoms with Gasteiger partial charge in [0.25, 0.3) is 0 Å². The Kier molecular flexibility index (Phi) is 1.57. The minimum atomic E-state index is -1.05. The van der Waals surface area contributed by atoms with Crippen LogP contribution in [0, 0.1) is 10.8 Å². The maximum absolute atomic E-state index is 12.8. The molecule has 3 aliphatic rings. The lowest BCUT2D eigenvalue weighted by Crippen LogP contribution is -2.43. The Morgan fingerprint density at radius 2 is 1.50 bits per heavy atom. The second-order valence-corrected chi connectivity index (χ2v) is 4.86. The van der Waals surface area contributed by atoms with E-state index >= 15 is 0 Å². The molecular weight excluding hydrogens is 155 g/mol. The largest absolute Gasteiger partial charge is 0.307 e. The summed E-state index contributed by atoms with van der Waals surface area (Å²) >= 11 is 0. The number of carbonyl (C=O) groups excluding carboxylic acids is 1. The van der Waals surface area contributed by atoms with Gasteiger partial charge in [-0.2, -0.15) is 4.39 Å². The first-order chi connectivity index (χ1) is 5.56.